The average molecular weight is 281 g/mol. The van der Waals surface area contributed by atoms with Crippen molar-refractivity contribution < 1.29 is 9.59 Å². The van der Waals surface area contributed by atoms with Crippen LogP contribution < -0.4 is 5.73 Å². The summed E-state index contributed by atoms with van der Waals surface area (Å²) in [5.74, 6) is 0.387. The van der Waals surface area contributed by atoms with E-state index in [1.807, 2.05) is 30.6 Å². The molecule has 1 aliphatic carbocycles. The van der Waals surface area contributed by atoms with Crippen molar-refractivity contribution >= 4 is 11.8 Å². The lowest BCUT2D eigenvalue weighted by molar-refractivity contribution is -0.147. The second kappa shape index (κ2) is 5.72. The molecule has 1 saturated carbocycles. The number of nitrogens with zero attached hydrogens (tertiary/aromatic N) is 2. The number of amides is 2. The molecule has 2 atom stereocenters. The molecule has 114 valence electrons. The van der Waals surface area contributed by atoms with Gasteiger partial charge in [-0.1, -0.05) is 20.3 Å². The number of carbonyl (C=O) groups is 2. The summed E-state index contributed by atoms with van der Waals surface area (Å²) in [5.41, 5.74) is 5.73. The molecule has 2 amide bonds. The summed E-state index contributed by atoms with van der Waals surface area (Å²) in [5, 5.41) is 0. The molecule has 1 aliphatic heterocycles. The van der Waals surface area contributed by atoms with E-state index >= 15 is 0 Å². The quantitative estimate of drug-likeness (QED) is 0.815. The molecule has 0 aromatic carbocycles. The minimum absolute atomic E-state index is 0.0228. The van der Waals surface area contributed by atoms with Gasteiger partial charge in [-0.25, -0.2) is 0 Å². The Hall–Kier alpha value is -1.10. The van der Waals surface area contributed by atoms with Crippen LogP contribution in [0.15, 0.2) is 0 Å². The Morgan fingerprint density at radius 3 is 2.15 bits per heavy atom. The number of hydrogen-bond acceptors (Lipinski definition) is 3. The Balaban J connectivity index is 1.94. The summed E-state index contributed by atoms with van der Waals surface area (Å²) in [6.45, 7) is 8.40. The molecule has 0 radical (unpaired) electrons. The van der Waals surface area contributed by atoms with Crippen molar-refractivity contribution in [2.75, 3.05) is 26.2 Å². The Morgan fingerprint density at radius 2 is 1.70 bits per heavy atom. The van der Waals surface area contributed by atoms with Gasteiger partial charge in [0.25, 0.3) is 0 Å². The van der Waals surface area contributed by atoms with Gasteiger partial charge in [0.15, 0.2) is 0 Å². The van der Waals surface area contributed by atoms with Gasteiger partial charge < -0.3 is 15.5 Å². The standard InChI is InChI=1S/C15H27N3O2/c1-11(2)13(19)17-7-9-18(10-8-17)14(20)15(3)6-4-5-12(15)16/h11-12H,4-10,16H2,1-3H3. The van der Waals surface area contributed by atoms with Gasteiger partial charge in [0, 0.05) is 38.1 Å². The smallest absolute Gasteiger partial charge is 0.230 e. The van der Waals surface area contributed by atoms with Crippen molar-refractivity contribution in [2.45, 2.75) is 46.1 Å². The van der Waals surface area contributed by atoms with Crippen molar-refractivity contribution in [3.63, 3.8) is 0 Å². The number of carbonyl (C=O) groups excluding carboxylic acids is 2. The van der Waals surface area contributed by atoms with Crippen LogP contribution >= 0.6 is 0 Å². The number of hydrogen-bond donors (Lipinski definition) is 1. The first-order chi connectivity index (χ1) is 9.36. The average Bonchev–Trinajstić information content (AvgIpc) is 2.78. The van der Waals surface area contributed by atoms with Gasteiger partial charge in [0.05, 0.1) is 5.41 Å². The molecule has 1 saturated heterocycles. The highest BCUT2D eigenvalue weighted by molar-refractivity contribution is 5.84. The molecule has 0 aromatic heterocycles. The van der Waals surface area contributed by atoms with Crippen molar-refractivity contribution in [1.29, 1.82) is 0 Å². The van der Waals surface area contributed by atoms with Gasteiger partial charge in [-0.2, -0.15) is 0 Å². The lowest BCUT2D eigenvalue weighted by atomic mass is 9.83. The van der Waals surface area contributed by atoms with Crippen LogP contribution in [0.1, 0.15) is 40.0 Å². The molecule has 5 nitrogen and oxygen atoms in total. The van der Waals surface area contributed by atoms with E-state index in [2.05, 4.69) is 0 Å². The van der Waals surface area contributed by atoms with Gasteiger partial charge in [0.1, 0.15) is 0 Å². The highest BCUT2D eigenvalue weighted by Crippen LogP contribution is 2.38. The zero-order valence-corrected chi connectivity index (χ0v) is 12.9. The van der Waals surface area contributed by atoms with Crippen molar-refractivity contribution in [3.05, 3.63) is 0 Å². The summed E-state index contributed by atoms with van der Waals surface area (Å²) in [6, 6.07) is -0.0228. The fraction of sp³-hybridized carbons (Fsp3) is 0.867. The lowest BCUT2D eigenvalue weighted by Crippen LogP contribution is -2.56. The van der Waals surface area contributed by atoms with Crippen LogP contribution in [0, 0.1) is 11.3 Å². The Labute approximate surface area is 121 Å². The predicted octanol–water partition coefficient (Wildman–Crippen LogP) is 0.831. The highest BCUT2D eigenvalue weighted by Gasteiger charge is 2.45. The molecule has 2 N–H and O–H groups in total. The van der Waals surface area contributed by atoms with E-state index in [9.17, 15) is 9.59 Å². The van der Waals surface area contributed by atoms with Crippen LogP contribution in [-0.2, 0) is 9.59 Å². The van der Waals surface area contributed by atoms with E-state index in [0.29, 0.717) is 26.2 Å². The zero-order valence-electron chi connectivity index (χ0n) is 12.9. The number of rotatable bonds is 2. The van der Waals surface area contributed by atoms with Gasteiger partial charge in [-0.05, 0) is 19.8 Å². The van der Waals surface area contributed by atoms with Gasteiger partial charge in [-0.15, -0.1) is 0 Å². The van der Waals surface area contributed by atoms with E-state index in [4.69, 9.17) is 5.73 Å². The molecule has 2 unspecified atom stereocenters. The Bertz CT molecular complexity index is 389. The van der Waals surface area contributed by atoms with E-state index in [1.54, 1.807) is 0 Å². The van der Waals surface area contributed by atoms with Crippen LogP contribution in [0.5, 0.6) is 0 Å². The first-order valence-electron chi connectivity index (χ1n) is 7.70. The van der Waals surface area contributed by atoms with Crippen LogP contribution in [0.2, 0.25) is 0 Å². The molecular formula is C15H27N3O2. The minimum Gasteiger partial charge on any atom is -0.339 e. The predicted molar refractivity (Wildman–Crippen MR) is 77.9 cm³/mol. The zero-order chi connectivity index (χ0) is 14.9. The third kappa shape index (κ3) is 2.68. The normalized spacial score (nSPS) is 30.9. The van der Waals surface area contributed by atoms with E-state index in [1.165, 1.54) is 0 Å². The monoisotopic (exact) mass is 281 g/mol. The molecule has 0 bridgehead atoms. The second-order valence-electron chi connectivity index (χ2n) is 6.69. The molecule has 20 heavy (non-hydrogen) atoms. The molecule has 0 aromatic rings. The number of piperazine rings is 1. The summed E-state index contributed by atoms with van der Waals surface area (Å²) in [4.78, 5) is 28.4. The fourth-order valence-electron chi connectivity index (χ4n) is 3.31. The van der Waals surface area contributed by atoms with Crippen LogP contribution in [0.25, 0.3) is 0 Å². The Morgan fingerprint density at radius 1 is 1.15 bits per heavy atom. The summed E-state index contributed by atoms with van der Waals surface area (Å²) >= 11 is 0. The summed E-state index contributed by atoms with van der Waals surface area (Å²) < 4.78 is 0. The third-order valence-corrected chi connectivity index (χ3v) is 4.89. The van der Waals surface area contributed by atoms with Crippen molar-refractivity contribution in [3.8, 4) is 0 Å². The molecule has 5 heteroatoms. The highest BCUT2D eigenvalue weighted by atomic mass is 16.2. The molecule has 1 heterocycles. The lowest BCUT2D eigenvalue weighted by Gasteiger charge is -2.40. The Kier molecular flexibility index (Phi) is 4.37. The van der Waals surface area contributed by atoms with E-state index < -0.39 is 5.41 Å². The molecule has 2 aliphatic rings. The van der Waals surface area contributed by atoms with Crippen molar-refractivity contribution in [1.82, 2.24) is 9.80 Å². The van der Waals surface area contributed by atoms with Crippen molar-refractivity contribution in [2.24, 2.45) is 17.1 Å². The maximum Gasteiger partial charge on any atom is 0.230 e. The minimum atomic E-state index is -0.399. The van der Waals surface area contributed by atoms with E-state index in [0.717, 1.165) is 19.3 Å². The first-order valence-corrected chi connectivity index (χ1v) is 7.70. The number of nitrogens with two attached hydrogens (primary N) is 1. The molecular weight excluding hydrogens is 254 g/mol. The first kappa shape index (κ1) is 15.3. The third-order valence-electron chi connectivity index (χ3n) is 4.89. The van der Waals surface area contributed by atoms with Crippen LogP contribution in [0.3, 0.4) is 0 Å². The second-order valence-corrected chi connectivity index (χ2v) is 6.69. The van der Waals surface area contributed by atoms with Gasteiger partial charge in [0.2, 0.25) is 11.8 Å². The summed E-state index contributed by atoms with van der Waals surface area (Å²) in [6.07, 6.45) is 2.86. The maximum absolute atomic E-state index is 12.7. The topological polar surface area (TPSA) is 66.6 Å². The molecule has 0 spiro atoms. The van der Waals surface area contributed by atoms with Crippen LogP contribution in [0.4, 0.5) is 0 Å². The van der Waals surface area contributed by atoms with Gasteiger partial charge in [-0.3, -0.25) is 9.59 Å². The maximum atomic E-state index is 12.7. The molecule has 2 fully saturated rings. The fourth-order valence-corrected chi connectivity index (χ4v) is 3.31. The van der Waals surface area contributed by atoms with Crippen LogP contribution in [-0.4, -0.2) is 53.8 Å². The largest absolute Gasteiger partial charge is 0.339 e. The summed E-state index contributed by atoms with van der Waals surface area (Å²) in [7, 11) is 0. The van der Waals surface area contributed by atoms with E-state index in [-0.39, 0.29) is 23.8 Å². The van der Waals surface area contributed by atoms with Gasteiger partial charge >= 0.3 is 0 Å². The SMILES string of the molecule is CC(C)C(=O)N1CCN(C(=O)C2(C)CCCC2N)CC1. The molecule has 2 rings (SSSR count).